The Kier molecular flexibility index (Phi) is 2.12. The summed E-state index contributed by atoms with van der Waals surface area (Å²) < 4.78 is 2.10. The van der Waals surface area contributed by atoms with E-state index in [1.807, 2.05) is 19.3 Å². The number of hydrogen-bond acceptors (Lipinski definition) is 3. The van der Waals surface area contributed by atoms with Crippen LogP contribution in [0.15, 0.2) is 36.7 Å². The van der Waals surface area contributed by atoms with Crippen LogP contribution in [0.2, 0.25) is 0 Å². The van der Waals surface area contributed by atoms with Crippen molar-refractivity contribution in [2.24, 2.45) is 7.05 Å². The summed E-state index contributed by atoms with van der Waals surface area (Å²) in [4.78, 5) is 8.88. The molecule has 0 radical (unpaired) electrons. The van der Waals surface area contributed by atoms with E-state index >= 15 is 0 Å². The highest BCUT2D eigenvalue weighted by molar-refractivity contribution is 5.80. The Balaban J connectivity index is 1.92. The molecule has 94 valence electrons. The Labute approximate surface area is 111 Å². The fraction of sp³-hybridized carbons (Fsp3) is 0.200. The molecular formula is C15H14N4. The van der Waals surface area contributed by atoms with Crippen molar-refractivity contribution in [2.45, 2.75) is 6.42 Å². The topological polar surface area (TPSA) is 42.7 Å². The van der Waals surface area contributed by atoms with E-state index in [0.717, 1.165) is 29.8 Å². The Bertz CT molecular complexity index is 773. The summed E-state index contributed by atoms with van der Waals surface area (Å²) in [6.45, 7) is 1.03. The maximum Gasteiger partial charge on any atom is 0.140 e. The van der Waals surface area contributed by atoms with Gasteiger partial charge in [0.2, 0.25) is 0 Å². The molecule has 0 spiro atoms. The van der Waals surface area contributed by atoms with Gasteiger partial charge in [-0.25, -0.2) is 4.98 Å². The normalized spacial score (nSPS) is 13.5. The molecule has 0 atom stereocenters. The van der Waals surface area contributed by atoms with Crippen molar-refractivity contribution in [3.63, 3.8) is 0 Å². The van der Waals surface area contributed by atoms with E-state index < -0.39 is 0 Å². The summed E-state index contributed by atoms with van der Waals surface area (Å²) in [5.41, 5.74) is 5.86. The Hall–Kier alpha value is -2.36. The van der Waals surface area contributed by atoms with E-state index in [-0.39, 0.29) is 0 Å². The van der Waals surface area contributed by atoms with E-state index in [2.05, 4.69) is 33.1 Å². The van der Waals surface area contributed by atoms with Gasteiger partial charge in [0.1, 0.15) is 5.82 Å². The second-order valence-corrected chi connectivity index (χ2v) is 4.91. The fourth-order valence-corrected chi connectivity index (χ4v) is 2.74. The van der Waals surface area contributed by atoms with Gasteiger partial charge in [-0.05, 0) is 36.2 Å². The molecule has 1 aliphatic heterocycles. The van der Waals surface area contributed by atoms with Crippen LogP contribution in [0.25, 0.3) is 22.4 Å². The van der Waals surface area contributed by atoms with Gasteiger partial charge in [-0.1, -0.05) is 0 Å². The monoisotopic (exact) mass is 250 g/mol. The van der Waals surface area contributed by atoms with Gasteiger partial charge in [-0.15, -0.1) is 0 Å². The van der Waals surface area contributed by atoms with Crippen LogP contribution < -0.4 is 5.32 Å². The molecule has 0 saturated carbocycles. The average molecular weight is 250 g/mol. The smallest absolute Gasteiger partial charge is 0.140 e. The van der Waals surface area contributed by atoms with Crippen LogP contribution in [0.1, 0.15) is 5.56 Å². The van der Waals surface area contributed by atoms with Gasteiger partial charge in [0.05, 0.1) is 17.2 Å². The van der Waals surface area contributed by atoms with E-state index in [1.165, 1.54) is 16.8 Å². The third-order valence-corrected chi connectivity index (χ3v) is 3.76. The van der Waals surface area contributed by atoms with Crippen molar-refractivity contribution in [1.82, 2.24) is 14.5 Å². The fourth-order valence-electron chi connectivity index (χ4n) is 2.74. The maximum absolute atomic E-state index is 4.71. The number of fused-ring (bicyclic) bond motifs is 2. The van der Waals surface area contributed by atoms with Crippen molar-refractivity contribution in [2.75, 3.05) is 11.9 Å². The minimum atomic E-state index is 0.992. The zero-order valence-corrected chi connectivity index (χ0v) is 10.7. The SMILES string of the molecule is Cn1c(-c2ccc3c(c2)CCN3)nc2ccncc21. The molecular weight excluding hydrogens is 236 g/mol. The molecule has 0 saturated heterocycles. The minimum Gasteiger partial charge on any atom is -0.384 e. The lowest BCUT2D eigenvalue weighted by Crippen LogP contribution is -1.93. The van der Waals surface area contributed by atoms with Crippen LogP contribution in [0.3, 0.4) is 0 Å². The van der Waals surface area contributed by atoms with Gasteiger partial charge in [-0.3, -0.25) is 4.98 Å². The van der Waals surface area contributed by atoms with Gasteiger partial charge < -0.3 is 9.88 Å². The number of hydrogen-bond donors (Lipinski definition) is 1. The number of benzene rings is 1. The Morgan fingerprint density at radius 2 is 2.21 bits per heavy atom. The second-order valence-electron chi connectivity index (χ2n) is 4.91. The molecule has 0 unspecified atom stereocenters. The molecule has 4 rings (SSSR count). The molecule has 3 aromatic rings. The lowest BCUT2D eigenvalue weighted by atomic mass is 10.1. The van der Waals surface area contributed by atoms with E-state index in [0.29, 0.717) is 0 Å². The summed E-state index contributed by atoms with van der Waals surface area (Å²) in [6, 6.07) is 8.47. The summed E-state index contributed by atoms with van der Waals surface area (Å²) in [5, 5.41) is 3.38. The molecule has 1 aliphatic rings. The van der Waals surface area contributed by atoms with Crippen LogP contribution in [-0.2, 0) is 13.5 Å². The highest BCUT2D eigenvalue weighted by atomic mass is 15.1. The number of nitrogens with zero attached hydrogens (tertiary/aromatic N) is 3. The molecule has 0 bridgehead atoms. The van der Waals surface area contributed by atoms with E-state index in [9.17, 15) is 0 Å². The first kappa shape index (κ1) is 10.6. The Morgan fingerprint density at radius 3 is 3.11 bits per heavy atom. The quantitative estimate of drug-likeness (QED) is 0.722. The number of anilines is 1. The van der Waals surface area contributed by atoms with E-state index in [1.54, 1.807) is 6.20 Å². The first-order valence-corrected chi connectivity index (χ1v) is 6.46. The van der Waals surface area contributed by atoms with Gasteiger partial charge in [0, 0.05) is 31.0 Å². The second kappa shape index (κ2) is 3.82. The molecule has 0 aliphatic carbocycles. The third-order valence-electron chi connectivity index (χ3n) is 3.76. The van der Waals surface area contributed by atoms with Gasteiger partial charge in [0.15, 0.2) is 0 Å². The average Bonchev–Trinajstić information content (AvgIpc) is 3.03. The summed E-state index contributed by atoms with van der Waals surface area (Å²) in [6.07, 6.45) is 4.74. The molecule has 0 amide bonds. The summed E-state index contributed by atoms with van der Waals surface area (Å²) >= 11 is 0. The highest BCUT2D eigenvalue weighted by Crippen LogP contribution is 2.29. The van der Waals surface area contributed by atoms with Crippen LogP contribution >= 0.6 is 0 Å². The van der Waals surface area contributed by atoms with Crippen molar-refractivity contribution in [1.29, 1.82) is 0 Å². The number of imidazole rings is 1. The maximum atomic E-state index is 4.71. The van der Waals surface area contributed by atoms with Crippen LogP contribution in [0, 0.1) is 0 Å². The molecule has 2 aromatic heterocycles. The third kappa shape index (κ3) is 1.53. The van der Waals surface area contributed by atoms with Gasteiger partial charge in [-0.2, -0.15) is 0 Å². The Morgan fingerprint density at radius 1 is 1.26 bits per heavy atom. The minimum absolute atomic E-state index is 0.992. The van der Waals surface area contributed by atoms with Crippen LogP contribution in [0.5, 0.6) is 0 Å². The highest BCUT2D eigenvalue weighted by Gasteiger charge is 2.14. The molecule has 0 fully saturated rings. The molecule has 4 nitrogen and oxygen atoms in total. The lowest BCUT2D eigenvalue weighted by Gasteiger charge is -2.05. The molecule has 4 heteroatoms. The van der Waals surface area contributed by atoms with Crippen LogP contribution in [-0.4, -0.2) is 21.1 Å². The number of nitrogens with one attached hydrogen (secondary N) is 1. The summed E-state index contributed by atoms with van der Waals surface area (Å²) in [7, 11) is 2.04. The molecule has 19 heavy (non-hydrogen) atoms. The standard InChI is InChI=1S/C15H14N4/c1-19-14-9-16-6-5-13(14)18-15(19)11-2-3-12-10(8-11)4-7-17-12/h2-3,5-6,8-9,17H,4,7H2,1H3. The van der Waals surface area contributed by atoms with E-state index in [4.69, 9.17) is 4.98 Å². The van der Waals surface area contributed by atoms with Crippen LogP contribution in [0.4, 0.5) is 5.69 Å². The van der Waals surface area contributed by atoms with Crippen molar-refractivity contribution in [3.05, 3.63) is 42.2 Å². The lowest BCUT2D eigenvalue weighted by molar-refractivity contribution is 0.956. The zero-order valence-electron chi connectivity index (χ0n) is 10.7. The van der Waals surface area contributed by atoms with Crippen molar-refractivity contribution < 1.29 is 0 Å². The first-order chi connectivity index (χ1) is 9.33. The van der Waals surface area contributed by atoms with Gasteiger partial charge in [0.25, 0.3) is 0 Å². The summed E-state index contributed by atoms with van der Waals surface area (Å²) in [5.74, 6) is 0.998. The van der Waals surface area contributed by atoms with Crippen molar-refractivity contribution in [3.8, 4) is 11.4 Å². The predicted octanol–water partition coefficient (Wildman–Crippen LogP) is 2.60. The zero-order chi connectivity index (χ0) is 12.8. The largest absolute Gasteiger partial charge is 0.384 e. The number of aryl methyl sites for hydroxylation is 1. The molecule has 1 N–H and O–H groups in total. The first-order valence-electron chi connectivity index (χ1n) is 6.46. The number of rotatable bonds is 1. The van der Waals surface area contributed by atoms with Gasteiger partial charge >= 0.3 is 0 Å². The number of pyridine rings is 1. The molecule has 3 heterocycles. The number of aromatic nitrogens is 3. The van der Waals surface area contributed by atoms with Crippen molar-refractivity contribution >= 4 is 16.7 Å². The predicted molar refractivity (Wildman–Crippen MR) is 76.1 cm³/mol. The molecule has 1 aromatic carbocycles.